The van der Waals surface area contributed by atoms with Gasteiger partial charge >= 0.3 is 6.01 Å². The SMILES string of the molecule is C#Cc1c(F)ccc2cc(O)cc(-c3nc4c5c(nc(OCC67CCCN6CCC7)nc5c3F)N3CCNCC3CO4)c12.CC.FCF. The highest BCUT2D eigenvalue weighted by atomic mass is 19.3. The number of fused-ring (bicyclic) bond motifs is 4. The molecule has 0 aliphatic carbocycles. The number of hydrogen-bond acceptors (Lipinski definition) is 9. The Morgan fingerprint density at radius 2 is 1.83 bits per heavy atom. The number of pyridine rings is 1. The van der Waals surface area contributed by atoms with Crippen LogP contribution in [-0.4, -0.2) is 89.4 Å². The second kappa shape index (κ2) is 14.0. The van der Waals surface area contributed by atoms with Crippen LogP contribution >= 0.6 is 0 Å². The minimum Gasteiger partial charge on any atom is -0.508 e. The number of anilines is 1. The van der Waals surface area contributed by atoms with E-state index in [9.17, 15) is 18.3 Å². The van der Waals surface area contributed by atoms with Gasteiger partial charge in [-0.15, -0.1) is 6.42 Å². The van der Waals surface area contributed by atoms with E-state index in [4.69, 9.17) is 20.9 Å². The Hall–Kier alpha value is -4.41. The third kappa shape index (κ3) is 5.81. The molecule has 3 saturated heterocycles. The molecule has 0 radical (unpaired) electrons. The van der Waals surface area contributed by atoms with E-state index in [-0.39, 0.29) is 63.6 Å². The Balaban J connectivity index is 0.000000762. The van der Waals surface area contributed by atoms with Gasteiger partial charge in [-0.25, -0.2) is 22.5 Å². The fourth-order valence-corrected chi connectivity index (χ4v) is 7.44. The number of benzene rings is 2. The highest BCUT2D eigenvalue weighted by Gasteiger charge is 2.45. The molecule has 0 amide bonds. The number of hydrogen-bond donors (Lipinski definition) is 2. The number of aromatic nitrogens is 3. The number of alkyl halides is 2. The number of terminal acetylenes is 1. The normalized spacial score (nSPS) is 19.2. The summed E-state index contributed by atoms with van der Waals surface area (Å²) in [5.74, 6) is 1.53. The summed E-state index contributed by atoms with van der Waals surface area (Å²) >= 11 is 0. The quantitative estimate of drug-likeness (QED) is 0.204. The molecule has 13 heteroatoms. The zero-order chi connectivity index (χ0) is 34.0. The number of nitrogens with one attached hydrogen (secondary N) is 1. The average molecular weight is 667 g/mol. The van der Waals surface area contributed by atoms with E-state index < -0.39 is 18.6 Å². The lowest BCUT2D eigenvalue weighted by Gasteiger charge is -2.35. The molecule has 2 aromatic heterocycles. The number of piperazine rings is 1. The fraction of sp³-hybridized carbons (Fsp3) is 0.457. The van der Waals surface area contributed by atoms with Gasteiger partial charge < -0.3 is 24.8 Å². The molecule has 6 heterocycles. The molecule has 254 valence electrons. The van der Waals surface area contributed by atoms with Crippen molar-refractivity contribution < 1.29 is 32.1 Å². The Kier molecular flexibility index (Phi) is 9.75. The Morgan fingerprint density at radius 1 is 1.08 bits per heavy atom. The summed E-state index contributed by atoms with van der Waals surface area (Å²) in [5, 5.41) is 15.0. The van der Waals surface area contributed by atoms with Crippen LogP contribution < -0.4 is 19.7 Å². The van der Waals surface area contributed by atoms with Crippen LogP contribution in [0.4, 0.5) is 23.4 Å². The van der Waals surface area contributed by atoms with Gasteiger partial charge in [-0.2, -0.15) is 9.97 Å². The molecule has 3 fully saturated rings. The van der Waals surface area contributed by atoms with Crippen molar-refractivity contribution in [2.75, 3.05) is 57.8 Å². The van der Waals surface area contributed by atoms with Crippen molar-refractivity contribution >= 4 is 27.5 Å². The van der Waals surface area contributed by atoms with E-state index in [1.807, 2.05) is 13.8 Å². The van der Waals surface area contributed by atoms with E-state index in [1.165, 1.54) is 24.3 Å². The number of phenolic OH excluding ortho intramolecular Hbond substituents is 1. The average Bonchev–Trinajstić information content (AvgIpc) is 3.64. The largest absolute Gasteiger partial charge is 0.508 e. The van der Waals surface area contributed by atoms with Crippen molar-refractivity contribution in [3.63, 3.8) is 0 Å². The van der Waals surface area contributed by atoms with Gasteiger partial charge in [-0.3, -0.25) is 4.90 Å². The van der Waals surface area contributed by atoms with Gasteiger partial charge in [0.1, 0.15) is 47.2 Å². The summed E-state index contributed by atoms with van der Waals surface area (Å²) in [4.78, 5) is 18.7. The monoisotopic (exact) mass is 666 g/mol. The number of halogens is 4. The molecular weight excluding hydrogens is 628 g/mol. The molecule has 2 aromatic carbocycles. The highest BCUT2D eigenvalue weighted by molar-refractivity contribution is 6.04. The van der Waals surface area contributed by atoms with Crippen molar-refractivity contribution in [3.8, 4) is 41.2 Å². The van der Waals surface area contributed by atoms with Gasteiger partial charge in [-0.1, -0.05) is 25.8 Å². The van der Waals surface area contributed by atoms with Crippen LogP contribution in [0.5, 0.6) is 17.6 Å². The third-order valence-electron chi connectivity index (χ3n) is 9.48. The van der Waals surface area contributed by atoms with Crippen LogP contribution in [0.2, 0.25) is 0 Å². The lowest BCUT2D eigenvalue weighted by atomic mass is 9.95. The van der Waals surface area contributed by atoms with Crippen molar-refractivity contribution in [2.45, 2.75) is 51.1 Å². The number of phenols is 1. The first-order valence-electron chi connectivity index (χ1n) is 16.3. The maximum Gasteiger partial charge on any atom is 0.319 e. The van der Waals surface area contributed by atoms with Crippen LogP contribution in [0.15, 0.2) is 24.3 Å². The molecule has 48 heavy (non-hydrogen) atoms. The van der Waals surface area contributed by atoms with Crippen molar-refractivity contribution in [1.29, 1.82) is 0 Å². The molecule has 2 N–H and O–H groups in total. The minimum absolute atomic E-state index is 0.0125. The Labute approximate surface area is 276 Å². The van der Waals surface area contributed by atoms with Gasteiger partial charge in [0.05, 0.1) is 17.1 Å². The first-order valence-corrected chi connectivity index (χ1v) is 16.3. The summed E-state index contributed by atoms with van der Waals surface area (Å²) in [6.07, 6.45) is 10.0. The van der Waals surface area contributed by atoms with Crippen LogP contribution in [0.1, 0.15) is 45.1 Å². The third-order valence-corrected chi connectivity index (χ3v) is 9.48. The molecule has 0 spiro atoms. The number of ether oxygens (including phenoxy) is 2. The van der Waals surface area contributed by atoms with Crippen LogP contribution in [0, 0.1) is 24.0 Å². The molecule has 9 nitrogen and oxygen atoms in total. The second-order valence-corrected chi connectivity index (χ2v) is 12.0. The predicted molar refractivity (Wildman–Crippen MR) is 176 cm³/mol. The summed E-state index contributed by atoms with van der Waals surface area (Å²) < 4.78 is 63.5. The first-order chi connectivity index (χ1) is 23.4. The van der Waals surface area contributed by atoms with Gasteiger partial charge in [0, 0.05) is 30.6 Å². The molecule has 1 atom stereocenters. The van der Waals surface area contributed by atoms with E-state index >= 15 is 4.39 Å². The Morgan fingerprint density at radius 3 is 2.56 bits per heavy atom. The maximum absolute atomic E-state index is 16.8. The number of rotatable bonds is 4. The number of aromatic hydroxyl groups is 1. The molecule has 4 aliphatic rings. The van der Waals surface area contributed by atoms with Gasteiger partial charge in [0.2, 0.25) is 12.8 Å². The molecular formula is C35H38F4N6O3. The van der Waals surface area contributed by atoms with Crippen LogP contribution in [0.3, 0.4) is 0 Å². The minimum atomic E-state index is -1.75. The van der Waals surface area contributed by atoms with Crippen LogP contribution in [-0.2, 0) is 0 Å². The topological polar surface area (TPSA) is 95.9 Å². The Bertz CT molecular complexity index is 1860. The van der Waals surface area contributed by atoms with Crippen molar-refractivity contribution in [2.24, 2.45) is 0 Å². The lowest BCUT2D eigenvalue weighted by molar-refractivity contribution is 0.108. The smallest absolute Gasteiger partial charge is 0.319 e. The van der Waals surface area contributed by atoms with E-state index in [1.54, 1.807) is 0 Å². The second-order valence-electron chi connectivity index (χ2n) is 12.0. The van der Waals surface area contributed by atoms with Gasteiger partial charge in [-0.05, 0) is 62.4 Å². The van der Waals surface area contributed by atoms with E-state index in [0.717, 1.165) is 45.3 Å². The summed E-state index contributed by atoms with van der Waals surface area (Å²) in [7, 11) is 0. The van der Waals surface area contributed by atoms with Crippen LogP contribution in [0.25, 0.3) is 32.9 Å². The van der Waals surface area contributed by atoms with Crippen molar-refractivity contribution in [1.82, 2.24) is 25.2 Å². The molecule has 8 rings (SSSR count). The first kappa shape index (κ1) is 33.5. The molecule has 0 saturated carbocycles. The molecule has 1 unspecified atom stereocenters. The van der Waals surface area contributed by atoms with E-state index in [0.29, 0.717) is 36.3 Å². The van der Waals surface area contributed by atoms with Crippen molar-refractivity contribution in [3.05, 3.63) is 41.5 Å². The zero-order valence-corrected chi connectivity index (χ0v) is 27.0. The fourth-order valence-electron chi connectivity index (χ4n) is 7.44. The van der Waals surface area contributed by atoms with Gasteiger partial charge in [0.25, 0.3) is 0 Å². The standard InChI is InChI=1S/C32H30F2N6O3.C2H6.CH2F2/c1-2-21-23(33)6-5-18-13-20(41)14-22(24(18)21)27-26(34)28-25-29(40-12-9-35-15-19(40)16-42-30(25)36-27)38-31(37-28)43-17-32-7-3-10-39(32)11-4-8-32;1-2;2-1-3/h1,5-6,13-14,19,35,41H,3-4,7-12,15-17H2;1-2H3;1H2. The predicted octanol–water partition coefficient (Wildman–Crippen LogP) is 5.90. The summed E-state index contributed by atoms with van der Waals surface area (Å²) in [6, 6.07) is 5.53. The summed E-state index contributed by atoms with van der Waals surface area (Å²) in [6.45, 7) is 7.10. The molecule has 4 aromatic rings. The number of nitrogens with zero attached hydrogens (tertiary/aromatic N) is 5. The lowest BCUT2D eigenvalue weighted by Crippen LogP contribution is -2.53. The molecule has 4 aliphatic heterocycles. The molecule has 0 bridgehead atoms. The maximum atomic E-state index is 16.8. The van der Waals surface area contributed by atoms with Gasteiger partial charge in [0.15, 0.2) is 5.82 Å². The summed E-state index contributed by atoms with van der Waals surface area (Å²) in [5.41, 5.74) is -0.124. The highest BCUT2D eigenvalue weighted by Crippen LogP contribution is 2.44. The van der Waals surface area contributed by atoms with E-state index in [2.05, 4.69) is 31.0 Å². The zero-order valence-electron chi connectivity index (χ0n) is 27.0.